The molecule has 0 aliphatic rings. The van der Waals surface area contributed by atoms with Gasteiger partial charge in [-0.2, -0.15) is 0 Å². The van der Waals surface area contributed by atoms with E-state index in [1.807, 2.05) is 51.1 Å². The topological polar surface area (TPSA) is 92.7 Å². The van der Waals surface area contributed by atoms with Crippen molar-refractivity contribution in [2.45, 2.75) is 51.2 Å². The van der Waals surface area contributed by atoms with E-state index in [-0.39, 0.29) is 17.4 Å². The lowest BCUT2D eigenvalue weighted by Gasteiger charge is -2.23. The van der Waals surface area contributed by atoms with Crippen molar-refractivity contribution >= 4 is 16.0 Å². The SMILES string of the molecule is Cc1ccc(S(=O)(=O)N[C@H](COC(=O)[C@@H](C)[C@H](O)C(C)C)Cc2ccccc2)cc1. The minimum Gasteiger partial charge on any atom is -0.464 e. The summed E-state index contributed by atoms with van der Waals surface area (Å²) in [5.41, 5.74) is 1.88. The minimum absolute atomic E-state index is 0.0901. The zero-order valence-corrected chi connectivity index (χ0v) is 18.7. The predicted octanol–water partition coefficient (Wildman–Crippen LogP) is 3.08. The normalized spacial score (nSPS) is 14.9. The van der Waals surface area contributed by atoms with Crippen LogP contribution < -0.4 is 4.72 Å². The maximum atomic E-state index is 12.8. The highest BCUT2D eigenvalue weighted by atomic mass is 32.2. The molecule has 0 aliphatic carbocycles. The third-order valence-corrected chi connectivity index (χ3v) is 6.51. The average molecular weight is 434 g/mol. The molecule has 0 aliphatic heterocycles. The van der Waals surface area contributed by atoms with Crippen LogP contribution in [0.5, 0.6) is 0 Å². The van der Waals surface area contributed by atoms with E-state index in [0.29, 0.717) is 6.42 Å². The molecule has 0 radical (unpaired) electrons. The second-order valence-corrected chi connectivity index (χ2v) is 9.69. The van der Waals surface area contributed by atoms with Crippen LogP contribution in [-0.4, -0.2) is 38.2 Å². The van der Waals surface area contributed by atoms with Crippen molar-refractivity contribution in [1.82, 2.24) is 4.72 Å². The Bertz CT molecular complexity index is 910. The van der Waals surface area contributed by atoms with Crippen LogP contribution in [0.25, 0.3) is 0 Å². The molecule has 6 nitrogen and oxygen atoms in total. The van der Waals surface area contributed by atoms with Gasteiger partial charge in [0.25, 0.3) is 0 Å². The number of rotatable bonds is 10. The quantitative estimate of drug-likeness (QED) is 0.562. The first kappa shape index (κ1) is 24.1. The molecule has 0 bridgehead atoms. The number of hydrogen-bond donors (Lipinski definition) is 2. The third kappa shape index (κ3) is 6.93. The molecule has 164 valence electrons. The number of esters is 1. The van der Waals surface area contributed by atoms with Gasteiger partial charge in [0, 0.05) is 0 Å². The first-order chi connectivity index (χ1) is 14.1. The highest BCUT2D eigenvalue weighted by molar-refractivity contribution is 7.89. The maximum absolute atomic E-state index is 12.8. The average Bonchev–Trinajstić information content (AvgIpc) is 2.71. The summed E-state index contributed by atoms with van der Waals surface area (Å²) < 4.78 is 33.7. The van der Waals surface area contributed by atoms with Crippen molar-refractivity contribution in [2.75, 3.05) is 6.61 Å². The molecule has 0 heterocycles. The summed E-state index contributed by atoms with van der Waals surface area (Å²) >= 11 is 0. The fraction of sp³-hybridized carbons (Fsp3) is 0.435. The Labute approximate surface area is 179 Å². The van der Waals surface area contributed by atoms with Gasteiger partial charge < -0.3 is 9.84 Å². The summed E-state index contributed by atoms with van der Waals surface area (Å²) in [6, 6.07) is 15.3. The number of hydrogen-bond acceptors (Lipinski definition) is 5. The van der Waals surface area contributed by atoms with E-state index in [0.717, 1.165) is 11.1 Å². The highest BCUT2D eigenvalue weighted by Gasteiger charge is 2.28. The summed E-state index contributed by atoms with van der Waals surface area (Å²) in [4.78, 5) is 12.5. The summed E-state index contributed by atoms with van der Waals surface area (Å²) in [6.45, 7) is 7.00. The first-order valence-corrected chi connectivity index (χ1v) is 11.6. The summed E-state index contributed by atoms with van der Waals surface area (Å²) in [5, 5.41) is 10.1. The van der Waals surface area contributed by atoms with Crippen LogP contribution in [0.15, 0.2) is 59.5 Å². The number of aryl methyl sites for hydroxylation is 1. The molecule has 2 N–H and O–H groups in total. The van der Waals surface area contributed by atoms with Gasteiger partial charge >= 0.3 is 5.97 Å². The van der Waals surface area contributed by atoms with Crippen LogP contribution in [0.3, 0.4) is 0 Å². The molecule has 0 saturated heterocycles. The van der Waals surface area contributed by atoms with Crippen molar-refractivity contribution in [3.63, 3.8) is 0 Å². The van der Waals surface area contributed by atoms with Crippen molar-refractivity contribution in [3.05, 3.63) is 65.7 Å². The summed E-state index contributed by atoms with van der Waals surface area (Å²) in [7, 11) is -3.78. The van der Waals surface area contributed by atoms with Crippen LogP contribution in [0.1, 0.15) is 31.9 Å². The van der Waals surface area contributed by atoms with Gasteiger partial charge in [-0.05, 0) is 43.9 Å². The van der Waals surface area contributed by atoms with Crippen LogP contribution in [0.4, 0.5) is 0 Å². The maximum Gasteiger partial charge on any atom is 0.311 e. The molecule has 0 unspecified atom stereocenters. The van der Waals surface area contributed by atoms with E-state index in [2.05, 4.69) is 4.72 Å². The zero-order chi connectivity index (χ0) is 22.3. The largest absolute Gasteiger partial charge is 0.464 e. The third-order valence-electron chi connectivity index (χ3n) is 4.97. The lowest BCUT2D eigenvalue weighted by Crippen LogP contribution is -2.41. The van der Waals surface area contributed by atoms with Gasteiger partial charge in [-0.1, -0.05) is 61.9 Å². The molecule has 2 aromatic rings. The number of carbonyl (C=O) groups excluding carboxylic acids is 1. The van der Waals surface area contributed by atoms with Gasteiger partial charge in [0.1, 0.15) is 6.61 Å². The van der Waals surface area contributed by atoms with Gasteiger partial charge in [-0.15, -0.1) is 0 Å². The van der Waals surface area contributed by atoms with Crippen molar-refractivity contribution < 1.29 is 23.1 Å². The van der Waals surface area contributed by atoms with E-state index in [1.54, 1.807) is 31.2 Å². The molecule has 7 heteroatoms. The molecule has 2 rings (SSSR count). The van der Waals surface area contributed by atoms with Gasteiger partial charge in [0.2, 0.25) is 10.0 Å². The van der Waals surface area contributed by atoms with Crippen LogP contribution in [0.2, 0.25) is 0 Å². The Kier molecular flexibility index (Phi) is 8.58. The Morgan fingerprint density at radius 1 is 1.03 bits per heavy atom. The number of carbonyl (C=O) groups is 1. The smallest absolute Gasteiger partial charge is 0.311 e. The van der Waals surface area contributed by atoms with Crippen LogP contribution in [-0.2, 0) is 26.0 Å². The highest BCUT2D eigenvalue weighted by Crippen LogP contribution is 2.16. The zero-order valence-electron chi connectivity index (χ0n) is 17.9. The Balaban J connectivity index is 2.14. The van der Waals surface area contributed by atoms with E-state index >= 15 is 0 Å². The number of nitrogens with one attached hydrogen (secondary N) is 1. The van der Waals surface area contributed by atoms with E-state index in [1.165, 1.54) is 0 Å². The number of aliphatic hydroxyl groups excluding tert-OH is 1. The summed E-state index contributed by atoms with van der Waals surface area (Å²) in [6.07, 6.45) is -0.463. The number of aliphatic hydroxyl groups is 1. The molecular weight excluding hydrogens is 402 g/mol. The molecule has 0 saturated carbocycles. The van der Waals surface area contributed by atoms with Gasteiger partial charge in [0.05, 0.1) is 23.0 Å². The Morgan fingerprint density at radius 2 is 1.63 bits per heavy atom. The molecule has 0 aromatic heterocycles. The fourth-order valence-electron chi connectivity index (χ4n) is 3.07. The van der Waals surface area contributed by atoms with Gasteiger partial charge in [-0.25, -0.2) is 13.1 Å². The van der Waals surface area contributed by atoms with Crippen LogP contribution in [0, 0.1) is 18.8 Å². The Hall–Kier alpha value is -2.22. The molecule has 0 amide bonds. The lowest BCUT2D eigenvalue weighted by molar-refractivity contribution is -0.153. The fourth-order valence-corrected chi connectivity index (χ4v) is 4.29. The van der Waals surface area contributed by atoms with Gasteiger partial charge in [0.15, 0.2) is 0 Å². The van der Waals surface area contributed by atoms with Crippen molar-refractivity contribution in [3.8, 4) is 0 Å². The lowest BCUT2D eigenvalue weighted by atomic mass is 9.95. The first-order valence-electron chi connectivity index (χ1n) is 10.1. The van der Waals surface area contributed by atoms with E-state index in [4.69, 9.17) is 4.74 Å². The van der Waals surface area contributed by atoms with E-state index in [9.17, 15) is 18.3 Å². The van der Waals surface area contributed by atoms with Crippen molar-refractivity contribution in [2.24, 2.45) is 11.8 Å². The molecule has 0 fully saturated rings. The number of ether oxygens (including phenoxy) is 1. The minimum atomic E-state index is -3.78. The summed E-state index contributed by atoms with van der Waals surface area (Å²) in [5.74, 6) is -1.34. The molecule has 30 heavy (non-hydrogen) atoms. The Morgan fingerprint density at radius 3 is 2.20 bits per heavy atom. The molecule has 0 spiro atoms. The molecular formula is C23H31NO5S. The number of benzene rings is 2. The van der Waals surface area contributed by atoms with Gasteiger partial charge in [-0.3, -0.25) is 4.79 Å². The monoisotopic (exact) mass is 433 g/mol. The standard InChI is InChI=1S/C23H31NO5S/c1-16(2)22(25)18(4)23(26)29-15-20(14-19-8-6-5-7-9-19)24-30(27,28)21-12-10-17(3)11-13-21/h5-13,16,18,20,22,24-25H,14-15H2,1-4H3/t18-,20-,22+/m0/s1. The predicted molar refractivity (Wildman–Crippen MR) is 116 cm³/mol. The number of sulfonamides is 1. The van der Waals surface area contributed by atoms with Crippen LogP contribution >= 0.6 is 0 Å². The molecule has 3 atom stereocenters. The van der Waals surface area contributed by atoms with E-state index < -0.39 is 34.1 Å². The second-order valence-electron chi connectivity index (χ2n) is 7.97. The van der Waals surface area contributed by atoms with Crippen molar-refractivity contribution in [1.29, 1.82) is 0 Å². The second kappa shape index (κ2) is 10.7. The molecule has 2 aromatic carbocycles.